The lowest BCUT2D eigenvalue weighted by Crippen LogP contribution is -2.33. The average Bonchev–Trinajstić information content (AvgIpc) is 2.83. The summed E-state index contributed by atoms with van der Waals surface area (Å²) in [4.78, 5) is 16.6. The number of unbranched alkanes of at least 4 members (excludes halogenated alkanes) is 1. The van der Waals surface area contributed by atoms with Gasteiger partial charge in [-0.1, -0.05) is 47.0 Å². The van der Waals surface area contributed by atoms with Gasteiger partial charge in [-0.2, -0.15) is 5.10 Å². The Hall–Kier alpha value is -1.19. The number of nitrogens with zero attached hydrogens (tertiary/aromatic N) is 3. The monoisotopic (exact) mass is 251 g/mol. The lowest BCUT2D eigenvalue weighted by atomic mass is 9.79. The van der Waals surface area contributed by atoms with Crippen molar-refractivity contribution in [1.82, 2.24) is 14.8 Å². The molecule has 0 aromatic carbocycles. The van der Waals surface area contributed by atoms with Gasteiger partial charge in [-0.3, -0.25) is 4.79 Å². The topological polar surface area (TPSA) is 47.8 Å². The molecule has 0 bridgehead atoms. The summed E-state index contributed by atoms with van der Waals surface area (Å²) in [5.41, 5.74) is -0.279. The zero-order valence-electron chi connectivity index (χ0n) is 12.0. The molecule has 1 atom stereocenters. The normalized spacial score (nSPS) is 13.6. The zero-order chi connectivity index (χ0) is 13.6. The third-order valence-corrected chi connectivity index (χ3v) is 3.43. The van der Waals surface area contributed by atoms with Crippen molar-refractivity contribution >= 4 is 5.78 Å². The fourth-order valence-electron chi connectivity index (χ4n) is 2.36. The van der Waals surface area contributed by atoms with Gasteiger partial charge in [0.05, 0.1) is 0 Å². The van der Waals surface area contributed by atoms with E-state index in [1.54, 1.807) is 11.0 Å². The van der Waals surface area contributed by atoms with E-state index in [1.165, 1.54) is 6.33 Å². The predicted octanol–water partition coefficient (Wildman–Crippen LogP) is 3.40. The summed E-state index contributed by atoms with van der Waals surface area (Å²) in [5, 5.41) is 4.15. The lowest BCUT2D eigenvalue weighted by molar-refractivity contribution is -0.131. The van der Waals surface area contributed by atoms with Crippen molar-refractivity contribution < 1.29 is 4.79 Å². The van der Waals surface area contributed by atoms with Crippen LogP contribution in [0.5, 0.6) is 0 Å². The van der Waals surface area contributed by atoms with Crippen molar-refractivity contribution in [1.29, 1.82) is 0 Å². The van der Waals surface area contributed by atoms with Crippen LogP contribution in [0.4, 0.5) is 0 Å². The van der Waals surface area contributed by atoms with Gasteiger partial charge in [0, 0.05) is 5.41 Å². The molecule has 4 heteroatoms. The van der Waals surface area contributed by atoms with Gasteiger partial charge in [-0.05, 0) is 12.8 Å². The molecule has 0 saturated heterocycles. The van der Waals surface area contributed by atoms with E-state index in [9.17, 15) is 4.79 Å². The Labute approximate surface area is 110 Å². The van der Waals surface area contributed by atoms with Crippen LogP contribution in [0.1, 0.15) is 65.8 Å². The lowest BCUT2D eigenvalue weighted by Gasteiger charge is -2.28. The highest BCUT2D eigenvalue weighted by molar-refractivity contribution is 5.87. The van der Waals surface area contributed by atoms with Crippen molar-refractivity contribution in [3.63, 3.8) is 0 Å². The highest BCUT2D eigenvalue weighted by Crippen LogP contribution is 2.31. The molecule has 0 amide bonds. The van der Waals surface area contributed by atoms with Crippen LogP contribution in [0, 0.1) is 5.41 Å². The summed E-state index contributed by atoms with van der Waals surface area (Å²) in [6, 6.07) is -0.158. The van der Waals surface area contributed by atoms with Crippen molar-refractivity contribution in [3.8, 4) is 0 Å². The Morgan fingerprint density at radius 2 is 2.06 bits per heavy atom. The molecule has 0 spiro atoms. The molecule has 0 fully saturated rings. The number of aromatic nitrogens is 3. The van der Waals surface area contributed by atoms with Crippen molar-refractivity contribution in [2.75, 3.05) is 0 Å². The van der Waals surface area contributed by atoms with Gasteiger partial charge >= 0.3 is 0 Å². The van der Waals surface area contributed by atoms with E-state index >= 15 is 0 Å². The molecular weight excluding hydrogens is 226 g/mol. The van der Waals surface area contributed by atoms with E-state index in [2.05, 4.69) is 23.9 Å². The zero-order valence-corrected chi connectivity index (χ0v) is 12.0. The van der Waals surface area contributed by atoms with Crippen LogP contribution in [0.3, 0.4) is 0 Å². The quantitative estimate of drug-likeness (QED) is 0.711. The molecule has 1 rings (SSSR count). The molecule has 4 nitrogen and oxygen atoms in total. The number of carbonyl (C=O) groups is 1. The first-order valence-corrected chi connectivity index (χ1v) is 6.91. The maximum absolute atomic E-state index is 12.7. The first-order chi connectivity index (χ1) is 8.53. The average molecular weight is 251 g/mol. The molecule has 1 aromatic rings. The minimum atomic E-state index is -0.279. The molecular formula is C14H25N3O. The van der Waals surface area contributed by atoms with Gasteiger partial charge in [0.25, 0.3) is 0 Å². The summed E-state index contributed by atoms with van der Waals surface area (Å²) >= 11 is 0. The first kappa shape index (κ1) is 14.9. The molecule has 18 heavy (non-hydrogen) atoms. The Morgan fingerprint density at radius 1 is 1.33 bits per heavy atom. The summed E-state index contributed by atoms with van der Waals surface area (Å²) < 4.78 is 1.72. The SMILES string of the molecule is CCCCC(C(=O)C(C)(C)CCC)n1cncn1. The number of rotatable bonds is 8. The van der Waals surface area contributed by atoms with E-state index in [0.717, 1.165) is 32.1 Å². The van der Waals surface area contributed by atoms with Crippen LogP contribution in [0.25, 0.3) is 0 Å². The number of ketones is 1. The van der Waals surface area contributed by atoms with Crippen molar-refractivity contribution in [2.45, 2.75) is 65.8 Å². The minimum Gasteiger partial charge on any atom is -0.297 e. The minimum absolute atomic E-state index is 0.158. The largest absolute Gasteiger partial charge is 0.297 e. The summed E-state index contributed by atoms with van der Waals surface area (Å²) in [5.74, 6) is 0.281. The molecule has 0 aliphatic rings. The van der Waals surface area contributed by atoms with E-state index < -0.39 is 0 Å². The smallest absolute Gasteiger partial charge is 0.162 e. The summed E-state index contributed by atoms with van der Waals surface area (Å²) in [7, 11) is 0. The van der Waals surface area contributed by atoms with Crippen LogP contribution < -0.4 is 0 Å². The third kappa shape index (κ3) is 3.65. The fourth-order valence-corrected chi connectivity index (χ4v) is 2.36. The standard InChI is InChI=1S/C14H25N3O/c1-5-7-8-12(17-11-15-10-16-17)13(18)14(3,4)9-6-2/h10-12H,5-9H2,1-4H3. The van der Waals surface area contributed by atoms with Crippen LogP contribution >= 0.6 is 0 Å². The van der Waals surface area contributed by atoms with Gasteiger partial charge in [0.1, 0.15) is 18.7 Å². The van der Waals surface area contributed by atoms with Crippen molar-refractivity contribution in [3.05, 3.63) is 12.7 Å². The molecule has 1 aromatic heterocycles. The molecule has 0 aliphatic carbocycles. The second-order valence-corrected chi connectivity index (χ2v) is 5.53. The van der Waals surface area contributed by atoms with E-state index in [0.29, 0.717) is 0 Å². The molecule has 1 unspecified atom stereocenters. The van der Waals surface area contributed by atoms with Crippen LogP contribution in [-0.4, -0.2) is 20.5 Å². The molecule has 102 valence electrons. The van der Waals surface area contributed by atoms with E-state index in [4.69, 9.17) is 0 Å². The van der Waals surface area contributed by atoms with Crippen LogP contribution in [0.15, 0.2) is 12.7 Å². The van der Waals surface area contributed by atoms with Crippen LogP contribution in [-0.2, 0) is 4.79 Å². The Balaban J connectivity index is 2.86. The summed E-state index contributed by atoms with van der Waals surface area (Å²) in [6.45, 7) is 8.33. The van der Waals surface area contributed by atoms with Gasteiger partial charge in [-0.25, -0.2) is 9.67 Å². The molecule has 0 saturated carbocycles. The molecule has 0 radical (unpaired) electrons. The Bertz CT molecular complexity index is 357. The van der Waals surface area contributed by atoms with Gasteiger partial charge in [-0.15, -0.1) is 0 Å². The second kappa shape index (κ2) is 6.66. The maximum Gasteiger partial charge on any atom is 0.162 e. The fraction of sp³-hybridized carbons (Fsp3) is 0.786. The molecule has 1 heterocycles. The highest BCUT2D eigenvalue weighted by Gasteiger charge is 2.33. The van der Waals surface area contributed by atoms with Crippen molar-refractivity contribution in [2.24, 2.45) is 5.41 Å². The third-order valence-electron chi connectivity index (χ3n) is 3.43. The Kier molecular flexibility index (Phi) is 5.51. The molecule has 0 N–H and O–H groups in total. The van der Waals surface area contributed by atoms with Gasteiger partial charge in [0.2, 0.25) is 0 Å². The number of hydrogen-bond acceptors (Lipinski definition) is 3. The Morgan fingerprint density at radius 3 is 2.56 bits per heavy atom. The maximum atomic E-state index is 12.7. The van der Waals surface area contributed by atoms with E-state index in [-0.39, 0.29) is 17.2 Å². The van der Waals surface area contributed by atoms with Gasteiger partial charge < -0.3 is 0 Å². The van der Waals surface area contributed by atoms with Gasteiger partial charge in [0.15, 0.2) is 5.78 Å². The number of Topliss-reactive ketones (excluding diaryl/α,β-unsaturated/α-hetero) is 1. The highest BCUT2D eigenvalue weighted by atomic mass is 16.1. The van der Waals surface area contributed by atoms with Crippen LogP contribution in [0.2, 0.25) is 0 Å². The second-order valence-electron chi connectivity index (χ2n) is 5.53. The van der Waals surface area contributed by atoms with E-state index in [1.807, 2.05) is 13.8 Å². The molecule has 0 aliphatic heterocycles. The first-order valence-electron chi connectivity index (χ1n) is 6.91. The summed E-state index contributed by atoms with van der Waals surface area (Å²) in [6.07, 6.45) is 8.08. The predicted molar refractivity (Wildman–Crippen MR) is 72.3 cm³/mol. The number of carbonyl (C=O) groups excluding carboxylic acids is 1. The number of hydrogen-bond donors (Lipinski definition) is 0.